The molecule has 0 aliphatic carbocycles. The predicted molar refractivity (Wildman–Crippen MR) is 55.5 cm³/mol. The molecule has 0 unspecified atom stereocenters. The van der Waals surface area contributed by atoms with Crippen LogP contribution in [-0.2, 0) is 6.54 Å². The van der Waals surface area contributed by atoms with Crippen molar-refractivity contribution in [2.45, 2.75) is 6.54 Å². The number of nitrogens with two attached hydrogens (primary N) is 1. The van der Waals surface area contributed by atoms with E-state index >= 15 is 0 Å². The van der Waals surface area contributed by atoms with Crippen molar-refractivity contribution in [1.29, 1.82) is 0 Å². The highest BCUT2D eigenvalue weighted by atomic mass is 35.5. The molecule has 4 N–H and O–H groups in total. The van der Waals surface area contributed by atoms with Gasteiger partial charge in [0, 0.05) is 5.02 Å². The SMILES string of the molecule is NC1=CNNN1Cc1ccc(Cl)cc1. The molecule has 1 aliphatic rings. The van der Waals surface area contributed by atoms with Gasteiger partial charge >= 0.3 is 0 Å². The van der Waals surface area contributed by atoms with Crippen LogP contribution in [0.5, 0.6) is 0 Å². The Bertz CT molecular complexity index is 346. The van der Waals surface area contributed by atoms with Crippen LogP contribution in [0.2, 0.25) is 5.02 Å². The van der Waals surface area contributed by atoms with Crippen molar-refractivity contribution >= 4 is 11.6 Å². The first-order valence-electron chi connectivity index (χ1n) is 4.24. The van der Waals surface area contributed by atoms with Gasteiger partial charge in [-0.15, -0.1) is 5.53 Å². The fraction of sp³-hybridized carbons (Fsp3) is 0.111. The maximum absolute atomic E-state index is 5.78. The van der Waals surface area contributed by atoms with Crippen LogP contribution in [-0.4, -0.2) is 5.01 Å². The van der Waals surface area contributed by atoms with Gasteiger partial charge < -0.3 is 11.2 Å². The maximum atomic E-state index is 5.78. The number of nitrogens with one attached hydrogen (secondary N) is 2. The summed E-state index contributed by atoms with van der Waals surface area (Å²) < 4.78 is 0. The number of hydrogen-bond donors (Lipinski definition) is 3. The second-order valence-corrected chi connectivity index (χ2v) is 3.47. The molecule has 1 aromatic rings. The normalized spacial score (nSPS) is 15.2. The summed E-state index contributed by atoms with van der Waals surface area (Å²) in [5.74, 6) is 0.667. The molecule has 2 rings (SSSR count). The van der Waals surface area contributed by atoms with E-state index in [1.165, 1.54) is 0 Å². The summed E-state index contributed by atoms with van der Waals surface area (Å²) in [5.41, 5.74) is 12.6. The van der Waals surface area contributed by atoms with E-state index in [0.717, 1.165) is 10.6 Å². The standard InChI is InChI=1S/C9H11ClN4/c10-8-3-1-7(2-4-8)6-14-9(11)5-12-13-14/h1-5,12-13H,6,11H2. The Labute approximate surface area is 87.3 Å². The fourth-order valence-electron chi connectivity index (χ4n) is 1.23. The van der Waals surface area contributed by atoms with Gasteiger partial charge in [0.25, 0.3) is 0 Å². The number of nitrogens with zero attached hydrogens (tertiary/aromatic N) is 1. The first-order valence-corrected chi connectivity index (χ1v) is 4.62. The lowest BCUT2D eigenvalue weighted by Gasteiger charge is -2.18. The minimum absolute atomic E-state index is 0.667. The molecule has 0 radical (unpaired) electrons. The maximum Gasteiger partial charge on any atom is 0.133 e. The molecule has 0 atom stereocenters. The third-order valence-electron chi connectivity index (χ3n) is 1.99. The van der Waals surface area contributed by atoms with Crippen LogP contribution in [0.3, 0.4) is 0 Å². The van der Waals surface area contributed by atoms with E-state index in [-0.39, 0.29) is 0 Å². The molecule has 0 saturated carbocycles. The first-order chi connectivity index (χ1) is 6.75. The summed E-state index contributed by atoms with van der Waals surface area (Å²) in [6, 6.07) is 7.66. The largest absolute Gasteiger partial charge is 0.383 e. The Morgan fingerprint density at radius 3 is 2.57 bits per heavy atom. The van der Waals surface area contributed by atoms with Crippen LogP contribution in [0, 0.1) is 0 Å². The second kappa shape index (κ2) is 3.77. The van der Waals surface area contributed by atoms with Gasteiger partial charge in [-0.05, 0) is 17.7 Å². The van der Waals surface area contributed by atoms with Crippen LogP contribution < -0.4 is 16.7 Å². The minimum Gasteiger partial charge on any atom is -0.383 e. The van der Waals surface area contributed by atoms with Crippen molar-refractivity contribution in [3.05, 3.63) is 46.9 Å². The molecule has 5 heteroatoms. The van der Waals surface area contributed by atoms with Crippen molar-refractivity contribution in [3.8, 4) is 0 Å². The molecule has 14 heavy (non-hydrogen) atoms. The Balaban J connectivity index is 2.04. The molecule has 0 aromatic heterocycles. The Kier molecular flexibility index (Phi) is 2.47. The Morgan fingerprint density at radius 2 is 2.00 bits per heavy atom. The zero-order valence-electron chi connectivity index (χ0n) is 7.50. The van der Waals surface area contributed by atoms with Gasteiger partial charge in [0.05, 0.1) is 12.7 Å². The zero-order chi connectivity index (χ0) is 9.97. The van der Waals surface area contributed by atoms with Crippen LogP contribution in [0.15, 0.2) is 36.3 Å². The molecular formula is C9H11ClN4. The third kappa shape index (κ3) is 1.92. The van der Waals surface area contributed by atoms with Gasteiger partial charge in [-0.25, -0.2) is 0 Å². The van der Waals surface area contributed by atoms with Crippen LogP contribution >= 0.6 is 11.6 Å². The molecule has 0 amide bonds. The van der Waals surface area contributed by atoms with Crippen LogP contribution in [0.25, 0.3) is 0 Å². The lowest BCUT2D eigenvalue weighted by atomic mass is 10.2. The van der Waals surface area contributed by atoms with Crippen molar-refractivity contribution < 1.29 is 0 Å². The Morgan fingerprint density at radius 1 is 1.29 bits per heavy atom. The van der Waals surface area contributed by atoms with Crippen LogP contribution in [0.4, 0.5) is 0 Å². The Hall–Kier alpha value is -1.39. The van der Waals surface area contributed by atoms with Gasteiger partial charge in [0.1, 0.15) is 5.82 Å². The molecule has 0 spiro atoms. The van der Waals surface area contributed by atoms with E-state index in [1.54, 1.807) is 6.20 Å². The molecule has 0 bridgehead atoms. The van der Waals surface area contributed by atoms with Gasteiger partial charge in [-0.3, -0.25) is 5.01 Å². The van der Waals surface area contributed by atoms with Crippen LogP contribution in [0.1, 0.15) is 5.56 Å². The first kappa shape index (κ1) is 9.18. The number of benzene rings is 1. The van der Waals surface area contributed by atoms with Crippen molar-refractivity contribution in [2.24, 2.45) is 5.73 Å². The van der Waals surface area contributed by atoms with Gasteiger partial charge in [-0.2, -0.15) is 0 Å². The quantitative estimate of drug-likeness (QED) is 0.680. The topological polar surface area (TPSA) is 53.3 Å². The highest BCUT2D eigenvalue weighted by Gasteiger charge is 2.10. The summed E-state index contributed by atoms with van der Waals surface area (Å²) in [5, 5.41) is 2.55. The summed E-state index contributed by atoms with van der Waals surface area (Å²) in [7, 11) is 0. The van der Waals surface area contributed by atoms with E-state index in [4.69, 9.17) is 17.3 Å². The third-order valence-corrected chi connectivity index (χ3v) is 2.24. The van der Waals surface area contributed by atoms with Gasteiger partial charge in [-0.1, -0.05) is 23.7 Å². The van der Waals surface area contributed by atoms with Crippen molar-refractivity contribution in [1.82, 2.24) is 16.0 Å². The molecule has 1 aromatic carbocycles. The van der Waals surface area contributed by atoms with E-state index < -0.39 is 0 Å². The second-order valence-electron chi connectivity index (χ2n) is 3.04. The molecule has 1 aliphatic heterocycles. The number of hydrazine groups is 2. The summed E-state index contributed by atoms with van der Waals surface area (Å²) >= 11 is 5.78. The molecule has 1 heterocycles. The molecule has 74 valence electrons. The fourth-order valence-corrected chi connectivity index (χ4v) is 1.36. The molecule has 0 saturated heterocycles. The van der Waals surface area contributed by atoms with E-state index in [0.29, 0.717) is 12.4 Å². The molecular weight excluding hydrogens is 200 g/mol. The van der Waals surface area contributed by atoms with Gasteiger partial charge in [0.15, 0.2) is 0 Å². The van der Waals surface area contributed by atoms with Crippen molar-refractivity contribution in [2.75, 3.05) is 0 Å². The van der Waals surface area contributed by atoms with Gasteiger partial charge in [0.2, 0.25) is 0 Å². The smallest absolute Gasteiger partial charge is 0.133 e. The zero-order valence-corrected chi connectivity index (χ0v) is 8.25. The summed E-state index contributed by atoms with van der Waals surface area (Å²) in [4.78, 5) is 0. The average Bonchev–Trinajstić information content (AvgIpc) is 2.56. The number of rotatable bonds is 2. The summed E-state index contributed by atoms with van der Waals surface area (Å²) in [6.45, 7) is 0.701. The lowest BCUT2D eigenvalue weighted by Crippen LogP contribution is -2.38. The van der Waals surface area contributed by atoms with E-state index in [1.807, 2.05) is 29.3 Å². The highest BCUT2D eigenvalue weighted by molar-refractivity contribution is 6.30. The minimum atomic E-state index is 0.667. The molecule has 0 fully saturated rings. The van der Waals surface area contributed by atoms with Crippen molar-refractivity contribution in [3.63, 3.8) is 0 Å². The van der Waals surface area contributed by atoms with E-state index in [2.05, 4.69) is 11.0 Å². The highest BCUT2D eigenvalue weighted by Crippen LogP contribution is 2.12. The molecule has 4 nitrogen and oxygen atoms in total. The summed E-state index contributed by atoms with van der Waals surface area (Å²) in [6.07, 6.45) is 1.70. The lowest BCUT2D eigenvalue weighted by molar-refractivity contribution is 0.240. The number of hydrogen-bond acceptors (Lipinski definition) is 4. The number of halogens is 1. The predicted octanol–water partition coefficient (Wildman–Crippen LogP) is 0.922. The monoisotopic (exact) mass is 210 g/mol. The average molecular weight is 211 g/mol. The van der Waals surface area contributed by atoms with E-state index in [9.17, 15) is 0 Å².